The molecule has 0 radical (unpaired) electrons. The molecule has 0 aliphatic rings. The van der Waals surface area contributed by atoms with Crippen LogP contribution in [-0.4, -0.2) is 37.1 Å². The van der Waals surface area contributed by atoms with Gasteiger partial charge in [0.25, 0.3) is 5.91 Å². The fraction of sp³-hybridized carbons (Fsp3) is 0.381. The Labute approximate surface area is 179 Å². The molecule has 29 heavy (non-hydrogen) atoms. The third kappa shape index (κ3) is 4.69. The first kappa shape index (κ1) is 21.1. The number of nitrogens with zero attached hydrogens (tertiary/aromatic N) is 4. The zero-order chi connectivity index (χ0) is 20.8. The van der Waals surface area contributed by atoms with E-state index in [0.29, 0.717) is 18.0 Å². The maximum Gasteiger partial charge on any atom is 0.268 e. The van der Waals surface area contributed by atoms with Crippen molar-refractivity contribution in [1.29, 1.82) is 5.26 Å². The van der Waals surface area contributed by atoms with Crippen LogP contribution in [0.1, 0.15) is 36.9 Å². The van der Waals surface area contributed by atoms with Gasteiger partial charge < -0.3 is 14.5 Å². The van der Waals surface area contributed by atoms with E-state index >= 15 is 0 Å². The van der Waals surface area contributed by atoms with Gasteiger partial charge in [-0.1, -0.05) is 11.3 Å². The molecule has 3 rings (SSSR count). The van der Waals surface area contributed by atoms with Crippen LogP contribution in [0, 0.1) is 11.3 Å². The van der Waals surface area contributed by atoms with E-state index in [4.69, 9.17) is 15.0 Å². The summed E-state index contributed by atoms with van der Waals surface area (Å²) in [4.78, 5) is 23.3. The van der Waals surface area contributed by atoms with Crippen molar-refractivity contribution in [2.75, 3.05) is 36.0 Å². The Kier molecular flexibility index (Phi) is 7.07. The van der Waals surface area contributed by atoms with Gasteiger partial charge in [-0.15, -0.1) is 11.3 Å². The molecule has 3 aromatic rings. The van der Waals surface area contributed by atoms with Gasteiger partial charge in [0.15, 0.2) is 5.13 Å². The summed E-state index contributed by atoms with van der Waals surface area (Å²) in [7, 11) is 0. The maximum absolute atomic E-state index is 13.2. The number of anilines is 2. The monoisotopic (exact) mass is 428 g/mol. The number of aromatic nitrogens is 1. The summed E-state index contributed by atoms with van der Waals surface area (Å²) in [5, 5.41) is 10.0. The van der Waals surface area contributed by atoms with Crippen molar-refractivity contribution >= 4 is 48.9 Å². The van der Waals surface area contributed by atoms with Crippen molar-refractivity contribution in [3.05, 3.63) is 35.2 Å². The second-order valence-corrected chi connectivity index (χ2v) is 8.28. The van der Waals surface area contributed by atoms with E-state index in [1.807, 2.05) is 37.3 Å². The van der Waals surface area contributed by atoms with Crippen LogP contribution in [0.2, 0.25) is 0 Å². The first-order valence-electron chi connectivity index (χ1n) is 9.68. The Balaban J connectivity index is 1.87. The number of carbonyl (C=O) groups is 1. The summed E-state index contributed by atoms with van der Waals surface area (Å²) in [6.45, 7) is 8.89. The lowest BCUT2D eigenvalue weighted by Crippen LogP contribution is -2.31. The standard InChI is InChI=1S/C21H24N4O2S2/c1-4-24(5-2)21-23-19-17(29-21)14-18(28-19)20(26)25(13-7-12-22)15-8-10-16(11-9-15)27-6-3/h8-11,14H,4-7,13H2,1-3H3. The minimum Gasteiger partial charge on any atom is -0.494 e. The van der Waals surface area contributed by atoms with Gasteiger partial charge in [0, 0.05) is 25.3 Å². The van der Waals surface area contributed by atoms with E-state index in [0.717, 1.165) is 39.2 Å². The highest BCUT2D eigenvalue weighted by atomic mass is 32.1. The second kappa shape index (κ2) is 9.72. The largest absolute Gasteiger partial charge is 0.494 e. The fourth-order valence-corrected chi connectivity index (χ4v) is 5.28. The molecule has 0 bridgehead atoms. The lowest BCUT2D eigenvalue weighted by atomic mass is 10.2. The zero-order valence-corrected chi connectivity index (χ0v) is 18.5. The summed E-state index contributed by atoms with van der Waals surface area (Å²) in [6.07, 6.45) is 0.267. The molecule has 6 nitrogen and oxygen atoms in total. The predicted octanol–water partition coefficient (Wildman–Crippen LogP) is 5.16. The molecule has 0 aliphatic carbocycles. The van der Waals surface area contributed by atoms with Gasteiger partial charge in [0.1, 0.15) is 10.6 Å². The topological polar surface area (TPSA) is 69.5 Å². The number of benzene rings is 1. The van der Waals surface area contributed by atoms with Gasteiger partial charge in [-0.3, -0.25) is 4.79 Å². The highest BCUT2D eigenvalue weighted by Crippen LogP contribution is 2.35. The Morgan fingerprint density at radius 1 is 1.17 bits per heavy atom. The summed E-state index contributed by atoms with van der Waals surface area (Å²) in [5.41, 5.74) is 0.752. The second-order valence-electron chi connectivity index (χ2n) is 6.24. The quantitative estimate of drug-likeness (QED) is 0.471. The maximum atomic E-state index is 13.2. The van der Waals surface area contributed by atoms with Gasteiger partial charge in [0.2, 0.25) is 0 Å². The summed E-state index contributed by atoms with van der Waals surface area (Å²) in [6, 6.07) is 11.4. The number of hydrogen-bond donors (Lipinski definition) is 0. The number of nitriles is 1. The Morgan fingerprint density at radius 2 is 1.90 bits per heavy atom. The molecule has 0 N–H and O–H groups in total. The third-order valence-corrected chi connectivity index (χ3v) is 6.68. The summed E-state index contributed by atoms with van der Waals surface area (Å²) in [5.74, 6) is 0.651. The highest BCUT2D eigenvalue weighted by Gasteiger charge is 2.22. The van der Waals surface area contributed by atoms with Crippen molar-refractivity contribution in [2.45, 2.75) is 27.2 Å². The van der Waals surface area contributed by atoms with E-state index in [1.54, 1.807) is 16.2 Å². The summed E-state index contributed by atoms with van der Waals surface area (Å²) >= 11 is 3.02. The SMILES string of the molecule is CCOc1ccc(N(CCC#N)C(=O)c2cc3sc(N(CC)CC)nc3s2)cc1. The Bertz CT molecular complexity index is 969. The zero-order valence-electron chi connectivity index (χ0n) is 16.8. The first-order valence-corrected chi connectivity index (χ1v) is 11.3. The van der Waals surface area contributed by atoms with Crippen LogP contribution >= 0.6 is 22.7 Å². The average Bonchev–Trinajstić information content (AvgIpc) is 3.30. The number of amides is 1. The number of ether oxygens (including phenoxy) is 1. The molecule has 2 heterocycles. The highest BCUT2D eigenvalue weighted by molar-refractivity contribution is 7.29. The number of fused-ring (bicyclic) bond motifs is 1. The van der Waals surface area contributed by atoms with Gasteiger partial charge in [0.05, 0.1) is 28.7 Å². The van der Waals surface area contributed by atoms with Gasteiger partial charge >= 0.3 is 0 Å². The Hall–Kier alpha value is -2.63. The van der Waals surface area contributed by atoms with Gasteiger partial charge in [-0.25, -0.2) is 4.98 Å². The van der Waals surface area contributed by atoms with Crippen LogP contribution < -0.4 is 14.5 Å². The normalized spacial score (nSPS) is 10.7. The van der Waals surface area contributed by atoms with Crippen LogP contribution in [0.4, 0.5) is 10.8 Å². The van der Waals surface area contributed by atoms with Crippen LogP contribution in [0.5, 0.6) is 5.75 Å². The Morgan fingerprint density at radius 3 is 2.48 bits per heavy atom. The minimum absolute atomic E-state index is 0.107. The minimum atomic E-state index is -0.107. The van der Waals surface area contributed by atoms with Crippen molar-refractivity contribution in [1.82, 2.24) is 4.98 Å². The predicted molar refractivity (Wildman–Crippen MR) is 121 cm³/mol. The molecule has 0 saturated heterocycles. The number of thiophene rings is 1. The number of thiazole rings is 1. The van der Waals surface area contributed by atoms with Crippen molar-refractivity contribution < 1.29 is 9.53 Å². The molecule has 0 spiro atoms. The molecule has 152 valence electrons. The first-order chi connectivity index (χ1) is 14.1. The number of rotatable bonds is 9. The average molecular weight is 429 g/mol. The van der Waals surface area contributed by atoms with Crippen LogP contribution in [-0.2, 0) is 0 Å². The molecular weight excluding hydrogens is 404 g/mol. The van der Waals surface area contributed by atoms with Crippen molar-refractivity contribution in [3.8, 4) is 11.8 Å². The number of hydrogen-bond acceptors (Lipinski definition) is 7. The van der Waals surface area contributed by atoms with Gasteiger partial charge in [-0.2, -0.15) is 5.26 Å². The third-order valence-electron chi connectivity index (χ3n) is 4.47. The lowest BCUT2D eigenvalue weighted by Gasteiger charge is -2.21. The van der Waals surface area contributed by atoms with Gasteiger partial charge in [-0.05, 0) is 51.1 Å². The summed E-state index contributed by atoms with van der Waals surface area (Å²) < 4.78 is 6.50. The smallest absolute Gasteiger partial charge is 0.268 e. The number of carbonyl (C=O) groups excluding carboxylic acids is 1. The molecule has 1 amide bonds. The van der Waals surface area contributed by atoms with E-state index in [2.05, 4.69) is 24.8 Å². The fourth-order valence-electron chi connectivity index (χ4n) is 2.99. The molecule has 0 atom stereocenters. The van der Waals surface area contributed by atoms with E-state index < -0.39 is 0 Å². The molecule has 0 saturated carbocycles. The molecule has 0 aliphatic heterocycles. The molecule has 0 fully saturated rings. The molecular formula is C21H24N4O2S2. The lowest BCUT2D eigenvalue weighted by molar-refractivity contribution is 0.0991. The van der Waals surface area contributed by atoms with Crippen molar-refractivity contribution in [3.63, 3.8) is 0 Å². The molecule has 0 unspecified atom stereocenters. The molecule has 1 aromatic carbocycles. The van der Waals surface area contributed by atoms with Crippen LogP contribution in [0.25, 0.3) is 9.53 Å². The van der Waals surface area contributed by atoms with E-state index in [-0.39, 0.29) is 12.3 Å². The van der Waals surface area contributed by atoms with E-state index in [9.17, 15) is 4.79 Å². The van der Waals surface area contributed by atoms with Crippen LogP contribution in [0.3, 0.4) is 0 Å². The molecule has 2 aromatic heterocycles. The van der Waals surface area contributed by atoms with Crippen LogP contribution in [0.15, 0.2) is 30.3 Å². The van der Waals surface area contributed by atoms with E-state index in [1.165, 1.54) is 11.3 Å². The molecule has 8 heteroatoms. The van der Waals surface area contributed by atoms with Crippen molar-refractivity contribution in [2.24, 2.45) is 0 Å².